The molecule has 0 radical (unpaired) electrons. The highest BCUT2D eigenvalue weighted by Gasteiger charge is 2.28. The molecular weight excluding hydrogens is 376 g/mol. The smallest absolute Gasteiger partial charge is 0.0305 e. The van der Waals surface area contributed by atoms with E-state index < -0.39 is 0 Å². The zero-order valence-corrected chi connectivity index (χ0v) is 22.2. The standard InChI is InChI=1S/C29H62N2/c1-4-6-8-10-12-14-16-17-19-21-23-25-27-29(31,28(3)30)26-24-22-20-18-15-13-11-9-7-5-2/h28H,4-27,30-31H2,1-3H3. The highest BCUT2D eigenvalue weighted by molar-refractivity contribution is 4.91. The summed E-state index contributed by atoms with van der Waals surface area (Å²) in [4.78, 5) is 0. The molecule has 0 rings (SSSR count). The third-order valence-corrected chi connectivity index (χ3v) is 7.40. The van der Waals surface area contributed by atoms with Crippen LogP contribution >= 0.6 is 0 Å². The van der Waals surface area contributed by atoms with Crippen molar-refractivity contribution in [3.05, 3.63) is 0 Å². The molecule has 188 valence electrons. The fourth-order valence-corrected chi connectivity index (χ4v) is 4.82. The molecule has 2 nitrogen and oxygen atoms in total. The van der Waals surface area contributed by atoms with Crippen molar-refractivity contribution in [2.45, 2.75) is 186 Å². The van der Waals surface area contributed by atoms with E-state index in [1.165, 1.54) is 141 Å². The van der Waals surface area contributed by atoms with Gasteiger partial charge >= 0.3 is 0 Å². The second kappa shape index (κ2) is 23.1. The minimum atomic E-state index is -0.140. The second-order valence-corrected chi connectivity index (χ2v) is 10.6. The quantitative estimate of drug-likeness (QED) is 0.139. The first kappa shape index (κ1) is 30.9. The Labute approximate surface area is 198 Å². The number of rotatable bonds is 25. The molecule has 0 spiro atoms. The van der Waals surface area contributed by atoms with Crippen molar-refractivity contribution >= 4 is 0 Å². The van der Waals surface area contributed by atoms with Crippen LogP contribution in [0.15, 0.2) is 0 Å². The van der Waals surface area contributed by atoms with Crippen LogP contribution in [0.2, 0.25) is 0 Å². The Balaban J connectivity index is 3.60. The molecule has 0 saturated carbocycles. The summed E-state index contributed by atoms with van der Waals surface area (Å²) in [7, 11) is 0. The first-order valence-corrected chi connectivity index (χ1v) is 14.6. The summed E-state index contributed by atoms with van der Waals surface area (Å²) in [5.74, 6) is 0. The molecule has 0 fully saturated rings. The molecule has 0 amide bonds. The molecule has 0 heterocycles. The van der Waals surface area contributed by atoms with Gasteiger partial charge in [0.2, 0.25) is 0 Å². The van der Waals surface area contributed by atoms with Crippen LogP contribution in [0.3, 0.4) is 0 Å². The monoisotopic (exact) mass is 438 g/mol. The summed E-state index contributed by atoms with van der Waals surface area (Å²) in [6.45, 7) is 6.70. The average Bonchev–Trinajstić information content (AvgIpc) is 2.75. The van der Waals surface area contributed by atoms with Crippen LogP contribution in [-0.4, -0.2) is 11.6 Å². The van der Waals surface area contributed by atoms with Gasteiger partial charge in [-0.05, 0) is 19.8 Å². The average molecular weight is 439 g/mol. The van der Waals surface area contributed by atoms with Gasteiger partial charge in [0.1, 0.15) is 0 Å². The van der Waals surface area contributed by atoms with Crippen LogP contribution < -0.4 is 11.5 Å². The van der Waals surface area contributed by atoms with Crippen LogP contribution in [0.5, 0.6) is 0 Å². The molecule has 0 aliphatic heterocycles. The topological polar surface area (TPSA) is 52.0 Å². The number of hydrogen-bond acceptors (Lipinski definition) is 2. The molecule has 4 N–H and O–H groups in total. The molecule has 2 unspecified atom stereocenters. The van der Waals surface area contributed by atoms with Gasteiger partial charge in [-0.25, -0.2) is 0 Å². The summed E-state index contributed by atoms with van der Waals surface area (Å²) in [6.07, 6.45) is 32.8. The minimum absolute atomic E-state index is 0.110. The van der Waals surface area contributed by atoms with Gasteiger partial charge in [0.05, 0.1) is 0 Å². The van der Waals surface area contributed by atoms with Gasteiger partial charge in [-0.3, -0.25) is 0 Å². The normalized spacial score (nSPS) is 14.6. The molecule has 0 aromatic rings. The third-order valence-electron chi connectivity index (χ3n) is 7.40. The lowest BCUT2D eigenvalue weighted by Crippen LogP contribution is -2.53. The molecule has 0 aliphatic rings. The van der Waals surface area contributed by atoms with Gasteiger partial charge < -0.3 is 11.5 Å². The van der Waals surface area contributed by atoms with E-state index in [0.717, 1.165) is 12.8 Å². The van der Waals surface area contributed by atoms with Gasteiger partial charge in [-0.15, -0.1) is 0 Å². The van der Waals surface area contributed by atoms with Crippen molar-refractivity contribution in [1.29, 1.82) is 0 Å². The Morgan fingerprint density at radius 3 is 0.903 bits per heavy atom. The first-order chi connectivity index (χ1) is 15.1. The number of unbranched alkanes of at least 4 members (excludes halogenated alkanes) is 20. The second-order valence-electron chi connectivity index (χ2n) is 10.6. The van der Waals surface area contributed by atoms with E-state index in [-0.39, 0.29) is 11.6 Å². The van der Waals surface area contributed by atoms with Crippen LogP contribution in [0, 0.1) is 0 Å². The molecule has 2 atom stereocenters. The van der Waals surface area contributed by atoms with Gasteiger partial charge in [0.25, 0.3) is 0 Å². The van der Waals surface area contributed by atoms with Crippen molar-refractivity contribution in [2.75, 3.05) is 0 Å². The van der Waals surface area contributed by atoms with Gasteiger partial charge in [-0.1, -0.05) is 155 Å². The van der Waals surface area contributed by atoms with E-state index in [1.807, 2.05) is 0 Å². The minimum Gasteiger partial charge on any atom is -0.326 e. The van der Waals surface area contributed by atoms with E-state index in [9.17, 15) is 0 Å². The molecule has 2 heteroatoms. The van der Waals surface area contributed by atoms with E-state index in [1.54, 1.807) is 0 Å². The van der Waals surface area contributed by atoms with Crippen LogP contribution in [0.4, 0.5) is 0 Å². The maximum atomic E-state index is 6.76. The molecule has 0 aromatic carbocycles. The van der Waals surface area contributed by atoms with Crippen molar-refractivity contribution in [2.24, 2.45) is 11.5 Å². The van der Waals surface area contributed by atoms with Crippen molar-refractivity contribution in [3.8, 4) is 0 Å². The van der Waals surface area contributed by atoms with E-state index in [0.29, 0.717) is 0 Å². The third kappa shape index (κ3) is 20.3. The van der Waals surface area contributed by atoms with Crippen molar-refractivity contribution < 1.29 is 0 Å². The summed E-state index contributed by atoms with van der Waals surface area (Å²) >= 11 is 0. The Hall–Kier alpha value is -0.0800. The SMILES string of the molecule is CCCCCCCCCCCCCCC(N)(CCCCCCCCCCCC)C(C)N. The molecule has 31 heavy (non-hydrogen) atoms. The van der Waals surface area contributed by atoms with E-state index in [2.05, 4.69) is 20.8 Å². The summed E-state index contributed by atoms with van der Waals surface area (Å²) in [6, 6.07) is 0.110. The van der Waals surface area contributed by atoms with Gasteiger partial charge in [-0.2, -0.15) is 0 Å². The largest absolute Gasteiger partial charge is 0.326 e. The molecular formula is C29H62N2. The maximum Gasteiger partial charge on any atom is 0.0305 e. The predicted molar refractivity (Wildman–Crippen MR) is 143 cm³/mol. The maximum absolute atomic E-state index is 6.76. The Morgan fingerprint density at radius 2 is 0.677 bits per heavy atom. The molecule has 0 aliphatic carbocycles. The highest BCUT2D eigenvalue weighted by Crippen LogP contribution is 2.24. The highest BCUT2D eigenvalue weighted by atomic mass is 14.8. The predicted octanol–water partition coefficient (Wildman–Crippen LogP) is 9.43. The van der Waals surface area contributed by atoms with E-state index in [4.69, 9.17) is 11.5 Å². The zero-order chi connectivity index (χ0) is 23.0. The molecule has 0 aromatic heterocycles. The fraction of sp³-hybridized carbons (Fsp3) is 1.00. The van der Waals surface area contributed by atoms with Crippen LogP contribution in [0.1, 0.15) is 175 Å². The van der Waals surface area contributed by atoms with Crippen molar-refractivity contribution in [3.63, 3.8) is 0 Å². The summed E-state index contributed by atoms with van der Waals surface area (Å²) in [5, 5.41) is 0. The van der Waals surface area contributed by atoms with Gasteiger partial charge in [0, 0.05) is 11.6 Å². The van der Waals surface area contributed by atoms with Crippen molar-refractivity contribution in [1.82, 2.24) is 0 Å². The van der Waals surface area contributed by atoms with E-state index >= 15 is 0 Å². The lowest BCUT2D eigenvalue weighted by molar-refractivity contribution is 0.289. The Bertz CT molecular complexity index is 342. The number of hydrogen-bond donors (Lipinski definition) is 2. The Morgan fingerprint density at radius 1 is 0.452 bits per heavy atom. The first-order valence-electron chi connectivity index (χ1n) is 14.6. The zero-order valence-electron chi connectivity index (χ0n) is 22.2. The lowest BCUT2D eigenvalue weighted by Gasteiger charge is -2.34. The Kier molecular flexibility index (Phi) is 23.0. The lowest BCUT2D eigenvalue weighted by atomic mass is 9.82. The summed E-state index contributed by atoms with van der Waals surface area (Å²) < 4.78 is 0. The van der Waals surface area contributed by atoms with Gasteiger partial charge in [0.15, 0.2) is 0 Å². The molecule has 0 bridgehead atoms. The molecule has 0 saturated heterocycles. The summed E-state index contributed by atoms with van der Waals surface area (Å²) in [5.41, 5.74) is 12.9. The van der Waals surface area contributed by atoms with Crippen LogP contribution in [-0.2, 0) is 0 Å². The number of nitrogens with two attached hydrogens (primary N) is 2. The fourth-order valence-electron chi connectivity index (χ4n) is 4.82. The van der Waals surface area contributed by atoms with Crippen LogP contribution in [0.25, 0.3) is 0 Å².